The van der Waals surface area contributed by atoms with Crippen LogP contribution in [0.5, 0.6) is 5.75 Å². The molecule has 1 N–H and O–H groups in total. The van der Waals surface area contributed by atoms with Crippen LogP contribution in [0.1, 0.15) is 27.4 Å². The predicted molar refractivity (Wildman–Crippen MR) is 108 cm³/mol. The molecule has 4 aromatic rings. The third-order valence-corrected chi connectivity index (χ3v) is 4.59. The monoisotopic (exact) mass is 390 g/mol. The summed E-state index contributed by atoms with van der Waals surface area (Å²) in [5.74, 6) is 1.38. The Labute approximate surface area is 168 Å². The number of aryl methyl sites for hydroxylation is 2. The molecule has 8 heteroatoms. The van der Waals surface area contributed by atoms with Gasteiger partial charge in [0.05, 0.1) is 0 Å². The third-order valence-electron chi connectivity index (χ3n) is 4.59. The number of hydrogen-bond acceptors (Lipinski definition) is 5. The van der Waals surface area contributed by atoms with Crippen LogP contribution in [0.3, 0.4) is 0 Å². The lowest BCUT2D eigenvalue weighted by Crippen LogP contribution is -2.26. The quantitative estimate of drug-likeness (QED) is 0.524. The maximum atomic E-state index is 12.4. The van der Waals surface area contributed by atoms with Crippen molar-refractivity contribution in [3.8, 4) is 5.75 Å². The van der Waals surface area contributed by atoms with E-state index in [1.54, 1.807) is 16.9 Å². The predicted octanol–water partition coefficient (Wildman–Crippen LogP) is 2.55. The summed E-state index contributed by atoms with van der Waals surface area (Å²) in [6.45, 7) is 4.70. The lowest BCUT2D eigenvalue weighted by atomic mass is 10.1. The Morgan fingerprint density at radius 2 is 2.00 bits per heavy atom. The molecule has 4 rings (SSSR count). The fourth-order valence-corrected chi connectivity index (χ4v) is 2.99. The summed E-state index contributed by atoms with van der Waals surface area (Å²) < 4.78 is 9.33. The highest BCUT2D eigenvalue weighted by Gasteiger charge is 2.11. The first-order chi connectivity index (χ1) is 14.1. The summed E-state index contributed by atoms with van der Waals surface area (Å²) in [6, 6.07) is 13.4. The van der Waals surface area contributed by atoms with Crippen molar-refractivity contribution in [1.29, 1.82) is 0 Å². The van der Waals surface area contributed by atoms with E-state index < -0.39 is 0 Å². The molecule has 0 saturated carbocycles. The zero-order valence-electron chi connectivity index (χ0n) is 16.4. The maximum absolute atomic E-state index is 12.4. The Hall–Kier alpha value is -3.68. The number of ether oxygens (including phenoxy) is 1. The van der Waals surface area contributed by atoms with E-state index in [2.05, 4.69) is 20.6 Å². The van der Waals surface area contributed by atoms with Crippen LogP contribution in [0.25, 0.3) is 5.65 Å². The van der Waals surface area contributed by atoms with E-state index in [0.29, 0.717) is 18.7 Å². The van der Waals surface area contributed by atoms with Crippen LogP contribution < -0.4 is 10.1 Å². The minimum Gasteiger partial charge on any atom is -0.471 e. The number of aromatic nitrogens is 5. The second-order valence-corrected chi connectivity index (χ2v) is 6.83. The molecule has 0 atom stereocenters. The van der Waals surface area contributed by atoms with Gasteiger partial charge in [-0.15, -0.1) is 10.2 Å². The Kier molecular flexibility index (Phi) is 5.24. The molecule has 0 aliphatic heterocycles. The van der Waals surface area contributed by atoms with Crippen molar-refractivity contribution in [2.45, 2.75) is 27.0 Å². The molecular formula is C21H22N6O2. The molecule has 3 aromatic heterocycles. The Balaban J connectivity index is 1.30. The number of amides is 1. The van der Waals surface area contributed by atoms with Gasteiger partial charge >= 0.3 is 0 Å². The largest absolute Gasteiger partial charge is 0.471 e. The Morgan fingerprint density at radius 1 is 1.10 bits per heavy atom. The van der Waals surface area contributed by atoms with Crippen molar-refractivity contribution < 1.29 is 9.53 Å². The Morgan fingerprint density at radius 3 is 2.90 bits per heavy atom. The number of benzene rings is 1. The lowest BCUT2D eigenvalue weighted by Gasteiger charge is -2.09. The normalized spacial score (nSPS) is 11.0. The van der Waals surface area contributed by atoms with Crippen molar-refractivity contribution in [2.24, 2.45) is 0 Å². The summed E-state index contributed by atoms with van der Waals surface area (Å²) in [7, 11) is 0. The molecule has 0 radical (unpaired) electrons. The number of nitrogens with one attached hydrogen (secondary N) is 1. The number of carbonyl (C=O) groups excluding carboxylic acids is 1. The fourth-order valence-electron chi connectivity index (χ4n) is 2.99. The van der Waals surface area contributed by atoms with Gasteiger partial charge in [-0.2, -0.15) is 5.10 Å². The van der Waals surface area contributed by atoms with E-state index in [1.807, 2.05) is 60.8 Å². The molecule has 29 heavy (non-hydrogen) atoms. The summed E-state index contributed by atoms with van der Waals surface area (Å²) in [4.78, 5) is 12.4. The molecule has 3 heterocycles. The highest BCUT2D eigenvalue weighted by atomic mass is 16.5. The van der Waals surface area contributed by atoms with Crippen LogP contribution in [0.4, 0.5) is 0 Å². The first kappa shape index (κ1) is 18.7. The molecule has 0 saturated heterocycles. The average Bonchev–Trinajstić information content (AvgIpc) is 3.36. The maximum Gasteiger partial charge on any atom is 0.271 e. The molecule has 0 bridgehead atoms. The van der Waals surface area contributed by atoms with Crippen LogP contribution in [-0.4, -0.2) is 36.8 Å². The van der Waals surface area contributed by atoms with Crippen molar-refractivity contribution in [3.05, 3.63) is 77.5 Å². The molecule has 0 spiro atoms. The number of fused-ring (bicyclic) bond motifs is 1. The Bertz CT molecular complexity index is 1150. The standard InChI is InChI=1S/C21H22N6O2/c1-15-6-7-16(2)18(13-15)29-14-26-12-9-17(25-26)21(28)22-10-8-20-24-23-19-5-3-4-11-27(19)20/h3-7,9,11-13H,8,10,14H2,1-2H3,(H,22,28). The number of carbonyl (C=O) groups is 1. The second-order valence-electron chi connectivity index (χ2n) is 6.83. The van der Waals surface area contributed by atoms with Crippen LogP contribution in [0.2, 0.25) is 0 Å². The van der Waals surface area contributed by atoms with Gasteiger partial charge in [0.2, 0.25) is 0 Å². The topological polar surface area (TPSA) is 86.3 Å². The third kappa shape index (κ3) is 4.26. The van der Waals surface area contributed by atoms with Crippen LogP contribution in [0.15, 0.2) is 54.9 Å². The van der Waals surface area contributed by atoms with Crippen molar-refractivity contribution >= 4 is 11.6 Å². The smallest absolute Gasteiger partial charge is 0.271 e. The zero-order chi connectivity index (χ0) is 20.2. The first-order valence-corrected chi connectivity index (χ1v) is 9.40. The molecule has 0 fully saturated rings. The number of nitrogens with zero attached hydrogens (tertiary/aromatic N) is 5. The van der Waals surface area contributed by atoms with Gasteiger partial charge in [0.25, 0.3) is 5.91 Å². The molecule has 0 unspecified atom stereocenters. The van der Waals surface area contributed by atoms with E-state index in [1.165, 1.54) is 0 Å². The summed E-state index contributed by atoms with van der Waals surface area (Å²) in [6.07, 6.45) is 4.21. The van der Waals surface area contributed by atoms with Gasteiger partial charge in [-0.3, -0.25) is 9.20 Å². The summed E-state index contributed by atoms with van der Waals surface area (Å²) in [5.41, 5.74) is 3.32. The minimum atomic E-state index is -0.232. The highest BCUT2D eigenvalue weighted by Crippen LogP contribution is 2.19. The zero-order valence-corrected chi connectivity index (χ0v) is 16.4. The van der Waals surface area contributed by atoms with Gasteiger partial charge in [-0.25, -0.2) is 4.68 Å². The van der Waals surface area contributed by atoms with Crippen molar-refractivity contribution in [1.82, 2.24) is 29.7 Å². The number of hydrogen-bond donors (Lipinski definition) is 1. The van der Waals surface area contributed by atoms with Gasteiger partial charge < -0.3 is 10.1 Å². The van der Waals surface area contributed by atoms with Gasteiger partial charge in [0.15, 0.2) is 12.4 Å². The van der Waals surface area contributed by atoms with Crippen LogP contribution in [-0.2, 0) is 13.2 Å². The summed E-state index contributed by atoms with van der Waals surface area (Å²) >= 11 is 0. The highest BCUT2D eigenvalue weighted by molar-refractivity contribution is 5.92. The molecule has 1 aromatic carbocycles. The number of pyridine rings is 1. The van der Waals surface area contributed by atoms with Crippen LogP contribution >= 0.6 is 0 Å². The molecule has 8 nitrogen and oxygen atoms in total. The van der Waals surface area contributed by atoms with Gasteiger partial charge in [-0.05, 0) is 49.2 Å². The molecule has 148 valence electrons. The average molecular weight is 390 g/mol. The van der Waals surface area contributed by atoms with E-state index in [-0.39, 0.29) is 12.6 Å². The SMILES string of the molecule is Cc1ccc(C)c(OCn2ccc(C(=O)NCCc3nnc4ccccn34)n2)c1. The van der Waals surface area contributed by atoms with E-state index in [9.17, 15) is 4.79 Å². The van der Waals surface area contributed by atoms with Crippen molar-refractivity contribution in [3.63, 3.8) is 0 Å². The number of rotatable bonds is 7. The van der Waals surface area contributed by atoms with E-state index in [0.717, 1.165) is 28.3 Å². The second kappa shape index (κ2) is 8.14. The van der Waals surface area contributed by atoms with Gasteiger partial charge in [0.1, 0.15) is 17.3 Å². The van der Waals surface area contributed by atoms with Crippen LogP contribution in [0, 0.1) is 13.8 Å². The van der Waals surface area contributed by atoms with Gasteiger partial charge in [0, 0.05) is 25.4 Å². The van der Waals surface area contributed by atoms with E-state index >= 15 is 0 Å². The molecule has 1 amide bonds. The molecule has 0 aliphatic carbocycles. The first-order valence-electron chi connectivity index (χ1n) is 9.40. The molecule has 0 aliphatic rings. The fraction of sp³-hybridized carbons (Fsp3) is 0.238. The molecular weight excluding hydrogens is 368 g/mol. The van der Waals surface area contributed by atoms with E-state index in [4.69, 9.17) is 4.74 Å². The minimum absolute atomic E-state index is 0.232. The van der Waals surface area contributed by atoms with Crippen molar-refractivity contribution in [2.75, 3.05) is 6.54 Å². The lowest BCUT2D eigenvalue weighted by molar-refractivity contribution is 0.0947. The van der Waals surface area contributed by atoms with Gasteiger partial charge in [-0.1, -0.05) is 18.2 Å². The summed E-state index contributed by atoms with van der Waals surface area (Å²) in [5, 5.41) is 15.4.